The molecule has 1 aliphatic carbocycles. The van der Waals surface area contributed by atoms with Gasteiger partial charge in [-0.1, -0.05) is 33.6 Å². The fourth-order valence-corrected chi connectivity index (χ4v) is 3.82. The van der Waals surface area contributed by atoms with E-state index < -0.39 is 0 Å². The number of aliphatic hydroxyl groups excluding tert-OH is 1. The lowest BCUT2D eigenvalue weighted by Gasteiger charge is -2.30. The van der Waals surface area contributed by atoms with Gasteiger partial charge >= 0.3 is 0 Å². The van der Waals surface area contributed by atoms with E-state index in [1.54, 1.807) is 11.3 Å². The molecule has 20 heavy (non-hydrogen) atoms. The maximum atomic E-state index is 9.43. The summed E-state index contributed by atoms with van der Waals surface area (Å²) in [6.07, 6.45) is 5.03. The number of nitrogens with zero attached hydrogens (tertiary/aromatic N) is 1. The fourth-order valence-electron chi connectivity index (χ4n) is 2.91. The highest BCUT2D eigenvalue weighted by atomic mass is 32.1. The average Bonchev–Trinajstić information content (AvgIpc) is 2.88. The molecule has 1 aromatic rings. The summed E-state index contributed by atoms with van der Waals surface area (Å²) in [4.78, 5) is 4.71. The molecule has 4 heteroatoms. The Morgan fingerprint density at radius 3 is 2.60 bits per heavy atom. The van der Waals surface area contributed by atoms with E-state index in [2.05, 4.69) is 31.5 Å². The van der Waals surface area contributed by atoms with Crippen LogP contribution in [0, 0.1) is 11.8 Å². The summed E-state index contributed by atoms with van der Waals surface area (Å²) in [6.45, 7) is 8.82. The molecule has 0 aromatic carbocycles. The molecule has 0 aliphatic heterocycles. The van der Waals surface area contributed by atoms with E-state index >= 15 is 0 Å². The maximum absolute atomic E-state index is 9.43. The van der Waals surface area contributed by atoms with Gasteiger partial charge in [-0.05, 0) is 31.2 Å². The summed E-state index contributed by atoms with van der Waals surface area (Å²) >= 11 is 1.76. The van der Waals surface area contributed by atoms with Crippen LogP contribution in [0.2, 0.25) is 0 Å². The van der Waals surface area contributed by atoms with Gasteiger partial charge in [0.15, 0.2) is 0 Å². The number of aliphatic hydroxyl groups is 1. The highest BCUT2D eigenvalue weighted by molar-refractivity contribution is 7.09. The van der Waals surface area contributed by atoms with Gasteiger partial charge in [0.25, 0.3) is 0 Å². The van der Waals surface area contributed by atoms with Crippen LogP contribution in [-0.2, 0) is 12.0 Å². The lowest BCUT2D eigenvalue weighted by atomic mass is 9.79. The van der Waals surface area contributed by atoms with E-state index in [0.29, 0.717) is 18.4 Å². The minimum Gasteiger partial charge on any atom is -0.396 e. The molecule has 1 heterocycles. The van der Waals surface area contributed by atoms with Gasteiger partial charge in [-0.3, -0.25) is 0 Å². The van der Waals surface area contributed by atoms with Crippen LogP contribution >= 0.6 is 11.3 Å². The van der Waals surface area contributed by atoms with Crippen molar-refractivity contribution in [3.8, 4) is 0 Å². The van der Waals surface area contributed by atoms with E-state index in [1.165, 1.54) is 30.7 Å². The minimum absolute atomic E-state index is 0.147. The molecule has 2 unspecified atom stereocenters. The first kappa shape index (κ1) is 15.9. The quantitative estimate of drug-likeness (QED) is 0.876. The zero-order valence-corrected chi connectivity index (χ0v) is 13.8. The molecule has 0 bridgehead atoms. The average molecular weight is 296 g/mol. The molecule has 2 rings (SSSR count). The standard InChI is InChI=1S/C16H28N2OS/c1-16(2,3)15-18-14(11-20-15)9-17-8-12-6-4-5-7-13(12)10-19/h11-13,17,19H,4-10H2,1-3H3. The van der Waals surface area contributed by atoms with Crippen molar-refractivity contribution < 1.29 is 5.11 Å². The monoisotopic (exact) mass is 296 g/mol. The largest absolute Gasteiger partial charge is 0.396 e. The summed E-state index contributed by atoms with van der Waals surface area (Å²) in [5.41, 5.74) is 1.30. The highest BCUT2D eigenvalue weighted by Gasteiger charge is 2.24. The van der Waals surface area contributed by atoms with Gasteiger partial charge in [0.1, 0.15) is 0 Å². The number of aromatic nitrogens is 1. The third kappa shape index (κ3) is 4.27. The van der Waals surface area contributed by atoms with Gasteiger partial charge < -0.3 is 10.4 Å². The first-order valence-corrected chi connectivity index (χ1v) is 8.65. The molecule has 2 atom stereocenters. The molecule has 0 radical (unpaired) electrons. The second-order valence-electron chi connectivity index (χ2n) is 7.01. The molecular weight excluding hydrogens is 268 g/mol. The summed E-state index contributed by atoms with van der Waals surface area (Å²) in [7, 11) is 0. The molecule has 0 saturated heterocycles. The summed E-state index contributed by atoms with van der Waals surface area (Å²) < 4.78 is 0. The Bertz CT molecular complexity index is 411. The SMILES string of the molecule is CC(C)(C)c1nc(CNCC2CCCCC2CO)cs1. The van der Waals surface area contributed by atoms with Crippen molar-refractivity contribution in [2.75, 3.05) is 13.2 Å². The van der Waals surface area contributed by atoms with Gasteiger partial charge in [0, 0.05) is 23.9 Å². The molecule has 2 N–H and O–H groups in total. The third-order valence-corrected chi connectivity index (χ3v) is 5.52. The zero-order chi connectivity index (χ0) is 14.6. The first-order chi connectivity index (χ1) is 9.50. The van der Waals surface area contributed by atoms with Crippen LogP contribution in [0.15, 0.2) is 5.38 Å². The molecule has 3 nitrogen and oxygen atoms in total. The maximum Gasteiger partial charge on any atom is 0.0982 e. The summed E-state index contributed by atoms with van der Waals surface area (Å²) in [5.74, 6) is 1.13. The van der Waals surface area contributed by atoms with Gasteiger partial charge in [-0.2, -0.15) is 0 Å². The fraction of sp³-hybridized carbons (Fsp3) is 0.812. The van der Waals surface area contributed by atoms with Crippen molar-refractivity contribution in [2.45, 2.75) is 58.4 Å². The van der Waals surface area contributed by atoms with Crippen molar-refractivity contribution in [1.29, 1.82) is 0 Å². The number of hydrogen-bond donors (Lipinski definition) is 2. The number of thiazole rings is 1. The van der Waals surface area contributed by atoms with Gasteiger partial charge in [0.2, 0.25) is 0 Å². The first-order valence-electron chi connectivity index (χ1n) is 7.77. The van der Waals surface area contributed by atoms with Crippen LogP contribution in [0.4, 0.5) is 0 Å². The third-order valence-electron chi connectivity index (χ3n) is 4.21. The van der Waals surface area contributed by atoms with E-state index in [4.69, 9.17) is 4.98 Å². The molecular formula is C16H28N2OS. The van der Waals surface area contributed by atoms with Crippen molar-refractivity contribution in [3.63, 3.8) is 0 Å². The highest BCUT2D eigenvalue weighted by Crippen LogP contribution is 2.29. The van der Waals surface area contributed by atoms with E-state index in [-0.39, 0.29) is 5.41 Å². The van der Waals surface area contributed by atoms with Crippen molar-refractivity contribution in [2.24, 2.45) is 11.8 Å². The smallest absolute Gasteiger partial charge is 0.0982 e. The number of rotatable bonds is 5. The van der Waals surface area contributed by atoms with Crippen LogP contribution in [-0.4, -0.2) is 23.2 Å². The van der Waals surface area contributed by atoms with Crippen LogP contribution in [0.1, 0.15) is 57.2 Å². The van der Waals surface area contributed by atoms with Crippen molar-refractivity contribution in [3.05, 3.63) is 16.1 Å². The van der Waals surface area contributed by atoms with Gasteiger partial charge in [-0.25, -0.2) is 4.98 Å². The molecule has 1 aromatic heterocycles. The molecule has 1 fully saturated rings. The summed E-state index contributed by atoms with van der Waals surface area (Å²) in [5, 5.41) is 16.3. The number of nitrogens with one attached hydrogen (secondary N) is 1. The van der Waals surface area contributed by atoms with Crippen LogP contribution in [0.3, 0.4) is 0 Å². The van der Waals surface area contributed by atoms with E-state index in [1.807, 2.05) is 0 Å². The molecule has 1 saturated carbocycles. The van der Waals surface area contributed by atoms with Gasteiger partial charge in [-0.15, -0.1) is 11.3 Å². The van der Waals surface area contributed by atoms with Crippen LogP contribution in [0.25, 0.3) is 0 Å². The Balaban J connectivity index is 1.79. The predicted molar refractivity (Wildman–Crippen MR) is 85.1 cm³/mol. The van der Waals surface area contributed by atoms with Crippen LogP contribution < -0.4 is 5.32 Å². The lowest BCUT2D eigenvalue weighted by Crippen LogP contribution is -2.32. The topological polar surface area (TPSA) is 45.2 Å². The van der Waals surface area contributed by atoms with E-state index in [0.717, 1.165) is 18.8 Å². The molecule has 0 spiro atoms. The second kappa shape index (κ2) is 7.01. The molecule has 114 valence electrons. The Labute approximate surface area is 126 Å². The molecule has 1 aliphatic rings. The van der Waals surface area contributed by atoms with Crippen molar-refractivity contribution >= 4 is 11.3 Å². The van der Waals surface area contributed by atoms with E-state index in [9.17, 15) is 5.11 Å². The minimum atomic E-state index is 0.147. The van der Waals surface area contributed by atoms with Gasteiger partial charge in [0.05, 0.1) is 10.7 Å². The molecule has 0 amide bonds. The number of hydrogen-bond acceptors (Lipinski definition) is 4. The Morgan fingerprint density at radius 1 is 1.30 bits per heavy atom. The normalized spacial score (nSPS) is 24.0. The Hall–Kier alpha value is -0.450. The second-order valence-corrected chi connectivity index (χ2v) is 7.87. The van der Waals surface area contributed by atoms with Crippen LogP contribution in [0.5, 0.6) is 0 Å². The summed E-state index contributed by atoms with van der Waals surface area (Å²) in [6, 6.07) is 0. The zero-order valence-electron chi connectivity index (χ0n) is 13.0. The Kier molecular flexibility index (Phi) is 5.58. The lowest BCUT2D eigenvalue weighted by molar-refractivity contribution is 0.133. The predicted octanol–water partition coefficient (Wildman–Crippen LogP) is 3.33. The Morgan fingerprint density at radius 2 is 2.00 bits per heavy atom. The van der Waals surface area contributed by atoms with Crippen molar-refractivity contribution in [1.82, 2.24) is 10.3 Å².